The molecule has 0 bridgehead atoms. The molecular weight excluding hydrogens is 310 g/mol. The molecule has 0 aliphatic carbocycles. The van der Waals surface area contributed by atoms with E-state index in [9.17, 15) is 0 Å². The van der Waals surface area contributed by atoms with Gasteiger partial charge >= 0.3 is 0 Å². The second-order valence-corrected chi connectivity index (χ2v) is 6.28. The lowest BCUT2D eigenvalue weighted by atomic mass is 10.2. The highest BCUT2D eigenvalue weighted by Gasteiger charge is 2.24. The number of nitrogens with zero attached hydrogens (tertiary/aromatic N) is 4. The normalized spacial score (nSPS) is 17.1. The van der Waals surface area contributed by atoms with Gasteiger partial charge in [0.2, 0.25) is 0 Å². The van der Waals surface area contributed by atoms with E-state index in [4.69, 9.17) is 4.74 Å². The second kappa shape index (κ2) is 6.57. The summed E-state index contributed by atoms with van der Waals surface area (Å²) in [7, 11) is 0. The fourth-order valence-electron chi connectivity index (χ4n) is 2.69. The smallest absolute Gasteiger partial charge is 0.119 e. The summed E-state index contributed by atoms with van der Waals surface area (Å²) < 4.78 is 7.93. The van der Waals surface area contributed by atoms with Crippen LogP contribution in [0.15, 0.2) is 41.4 Å². The molecule has 0 saturated carbocycles. The molecule has 118 valence electrons. The van der Waals surface area contributed by atoms with Gasteiger partial charge in [-0.2, -0.15) is 11.3 Å². The standard InChI is InChI=1S/C16H17N5OS/c1-4-17-5-2-12(1)7-18-8-14-9-21-15(10-22-14)16(19-20-21)13-3-6-23-11-13/h1-6,11,14,18H,7-10H2/t14-/m0/s1. The average Bonchev–Trinajstić information content (AvgIpc) is 3.24. The Morgan fingerprint density at radius 1 is 1.30 bits per heavy atom. The van der Waals surface area contributed by atoms with Crippen molar-refractivity contribution in [3.8, 4) is 11.3 Å². The number of hydrogen-bond acceptors (Lipinski definition) is 6. The van der Waals surface area contributed by atoms with Crippen molar-refractivity contribution in [1.82, 2.24) is 25.3 Å². The number of hydrogen-bond donors (Lipinski definition) is 1. The Morgan fingerprint density at radius 3 is 3.04 bits per heavy atom. The van der Waals surface area contributed by atoms with Crippen molar-refractivity contribution < 1.29 is 4.74 Å². The van der Waals surface area contributed by atoms with Crippen molar-refractivity contribution in [2.24, 2.45) is 0 Å². The molecule has 0 radical (unpaired) electrons. The predicted octanol–water partition coefficient (Wildman–Crippen LogP) is 2.09. The number of nitrogens with one attached hydrogen (secondary N) is 1. The van der Waals surface area contributed by atoms with E-state index >= 15 is 0 Å². The summed E-state index contributed by atoms with van der Waals surface area (Å²) in [5.41, 5.74) is 4.34. The van der Waals surface area contributed by atoms with Gasteiger partial charge in [-0.15, -0.1) is 5.10 Å². The summed E-state index contributed by atoms with van der Waals surface area (Å²) in [5, 5.41) is 16.2. The van der Waals surface area contributed by atoms with E-state index in [0.717, 1.165) is 36.6 Å². The predicted molar refractivity (Wildman–Crippen MR) is 87.9 cm³/mol. The lowest BCUT2D eigenvalue weighted by Crippen LogP contribution is -2.36. The van der Waals surface area contributed by atoms with Crippen molar-refractivity contribution >= 4 is 11.3 Å². The van der Waals surface area contributed by atoms with Gasteiger partial charge < -0.3 is 10.1 Å². The second-order valence-electron chi connectivity index (χ2n) is 5.50. The summed E-state index contributed by atoms with van der Waals surface area (Å²) in [5.74, 6) is 0. The fourth-order valence-corrected chi connectivity index (χ4v) is 3.33. The van der Waals surface area contributed by atoms with Crippen LogP contribution in [0.3, 0.4) is 0 Å². The van der Waals surface area contributed by atoms with Crippen molar-refractivity contribution in [2.45, 2.75) is 25.8 Å². The third kappa shape index (κ3) is 3.17. The molecule has 0 unspecified atom stereocenters. The molecule has 0 amide bonds. The lowest BCUT2D eigenvalue weighted by Gasteiger charge is -2.24. The summed E-state index contributed by atoms with van der Waals surface area (Å²) in [6.45, 7) is 2.89. The molecule has 3 aromatic heterocycles. The number of ether oxygens (including phenoxy) is 1. The first-order chi connectivity index (χ1) is 11.4. The molecule has 3 aromatic rings. The molecule has 4 heterocycles. The third-order valence-electron chi connectivity index (χ3n) is 3.92. The van der Waals surface area contributed by atoms with Crippen LogP contribution in [-0.2, 0) is 24.4 Å². The number of aromatic nitrogens is 4. The van der Waals surface area contributed by atoms with Gasteiger partial charge in [0.1, 0.15) is 5.69 Å². The Labute approximate surface area is 138 Å². The summed E-state index contributed by atoms with van der Waals surface area (Å²) in [6, 6.07) is 6.09. The highest BCUT2D eigenvalue weighted by molar-refractivity contribution is 7.08. The van der Waals surface area contributed by atoms with E-state index in [1.165, 1.54) is 5.56 Å². The van der Waals surface area contributed by atoms with Gasteiger partial charge in [0.25, 0.3) is 0 Å². The Hall–Kier alpha value is -2.09. The van der Waals surface area contributed by atoms with Gasteiger partial charge in [-0.05, 0) is 29.1 Å². The van der Waals surface area contributed by atoms with Crippen molar-refractivity contribution in [3.05, 3.63) is 52.6 Å². The lowest BCUT2D eigenvalue weighted by molar-refractivity contribution is 0.00125. The van der Waals surface area contributed by atoms with Crippen LogP contribution in [-0.4, -0.2) is 32.6 Å². The fraction of sp³-hybridized carbons (Fsp3) is 0.312. The number of fused-ring (bicyclic) bond motifs is 1. The number of rotatable bonds is 5. The largest absolute Gasteiger partial charge is 0.369 e. The minimum Gasteiger partial charge on any atom is -0.369 e. The highest BCUT2D eigenvalue weighted by atomic mass is 32.1. The van der Waals surface area contributed by atoms with E-state index in [1.54, 1.807) is 11.3 Å². The summed E-state index contributed by atoms with van der Waals surface area (Å²) >= 11 is 1.67. The molecular formula is C16H17N5OS. The average molecular weight is 327 g/mol. The van der Waals surface area contributed by atoms with Gasteiger partial charge in [-0.1, -0.05) is 5.21 Å². The molecule has 1 aliphatic heterocycles. The van der Waals surface area contributed by atoms with E-state index in [2.05, 4.69) is 37.4 Å². The Kier molecular flexibility index (Phi) is 4.14. The molecule has 0 fully saturated rings. The summed E-state index contributed by atoms with van der Waals surface area (Å²) in [6.07, 6.45) is 3.73. The zero-order chi connectivity index (χ0) is 15.5. The molecule has 4 rings (SSSR count). The van der Waals surface area contributed by atoms with E-state index in [1.807, 2.05) is 29.2 Å². The molecule has 1 N–H and O–H groups in total. The minimum atomic E-state index is 0.112. The number of pyridine rings is 1. The third-order valence-corrected chi connectivity index (χ3v) is 4.60. The maximum atomic E-state index is 5.97. The van der Waals surface area contributed by atoms with Gasteiger partial charge in [-0.3, -0.25) is 4.98 Å². The zero-order valence-corrected chi connectivity index (χ0v) is 13.4. The van der Waals surface area contributed by atoms with E-state index in [-0.39, 0.29) is 6.10 Å². The minimum absolute atomic E-state index is 0.112. The Morgan fingerprint density at radius 2 is 2.22 bits per heavy atom. The van der Waals surface area contributed by atoms with Crippen LogP contribution in [0.4, 0.5) is 0 Å². The van der Waals surface area contributed by atoms with Crippen molar-refractivity contribution in [3.63, 3.8) is 0 Å². The summed E-state index contributed by atoms with van der Waals surface area (Å²) in [4.78, 5) is 4.02. The van der Waals surface area contributed by atoms with Crippen LogP contribution < -0.4 is 5.32 Å². The van der Waals surface area contributed by atoms with Crippen LogP contribution in [0.1, 0.15) is 11.3 Å². The van der Waals surface area contributed by atoms with Crippen LogP contribution in [0.25, 0.3) is 11.3 Å². The van der Waals surface area contributed by atoms with Crippen LogP contribution in [0.2, 0.25) is 0 Å². The quantitative estimate of drug-likeness (QED) is 0.777. The highest BCUT2D eigenvalue weighted by Crippen LogP contribution is 2.26. The zero-order valence-electron chi connectivity index (χ0n) is 12.6. The van der Waals surface area contributed by atoms with Crippen LogP contribution in [0.5, 0.6) is 0 Å². The molecule has 0 aromatic carbocycles. The molecule has 1 atom stereocenters. The first kappa shape index (κ1) is 14.5. The van der Waals surface area contributed by atoms with Crippen molar-refractivity contribution in [2.75, 3.05) is 6.54 Å². The SMILES string of the molecule is c1cc(CNC[C@H]2Cn3nnc(-c4ccsc4)c3CO2)ccn1. The molecule has 7 heteroatoms. The van der Waals surface area contributed by atoms with Gasteiger partial charge in [0.05, 0.1) is 24.9 Å². The van der Waals surface area contributed by atoms with Crippen LogP contribution >= 0.6 is 11.3 Å². The molecule has 1 aliphatic rings. The number of thiophene rings is 1. The molecule has 0 spiro atoms. The molecule has 6 nitrogen and oxygen atoms in total. The molecule has 23 heavy (non-hydrogen) atoms. The Bertz CT molecular complexity index is 756. The first-order valence-corrected chi connectivity index (χ1v) is 8.50. The monoisotopic (exact) mass is 327 g/mol. The topological polar surface area (TPSA) is 64.9 Å². The maximum Gasteiger partial charge on any atom is 0.119 e. The van der Waals surface area contributed by atoms with E-state index < -0.39 is 0 Å². The first-order valence-electron chi connectivity index (χ1n) is 7.56. The van der Waals surface area contributed by atoms with E-state index in [0.29, 0.717) is 6.61 Å². The van der Waals surface area contributed by atoms with Crippen molar-refractivity contribution in [1.29, 1.82) is 0 Å². The maximum absolute atomic E-state index is 5.97. The van der Waals surface area contributed by atoms with Gasteiger partial charge in [-0.25, -0.2) is 4.68 Å². The van der Waals surface area contributed by atoms with Gasteiger partial charge in [0, 0.05) is 36.4 Å². The van der Waals surface area contributed by atoms with Crippen LogP contribution in [0, 0.1) is 0 Å². The molecule has 0 saturated heterocycles. The van der Waals surface area contributed by atoms with Gasteiger partial charge in [0.15, 0.2) is 0 Å². The Balaban J connectivity index is 1.36.